The summed E-state index contributed by atoms with van der Waals surface area (Å²) >= 11 is 0. The largest absolute Gasteiger partial charge is 0.356 e. The van der Waals surface area contributed by atoms with Crippen LogP contribution in [-0.4, -0.2) is 23.8 Å². The lowest BCUT2D eigenvalue weighted by Crippen LogP contribution is -2.89. The molecule has 1 atom stereocenters. The van der Waals surface area contributed by atoms with Gasteiger partial charge in [0.2, 0.25) is 0 Å². The zero-order valence-corrected chi connectivity index (χ0v) is 15.1. The molecule has 0 fully saturated rings. The molecular weight excluding hydrogens is 328 g/mol. The molecule has 1 heterocycles. The maximum absolute atomic E-state index is 12.6. The van der Waals surface area contributed by atoms with Gasteiger partial charge in [0.25, 0.3) is 11.8 Å². The van der Waals surface area contributed by atoms with E-state index in [9.17, 15) is 9.59 Å². The third kappa shape index (κ3) is 4.27. The van der Waals surface area contributed by atoms with Crippen molar-refractivity contribution in [3.8, 4) is 0 Å². The monoisotopic (exact) mass is 351 g/mol. The van der Waals surface area contributed by atoms with Crippen LogP contribution >= 0.6 is 0 Å². The summed E-state index contributed by atoms with van der Waals surface area (Å²) in [6.07, 6.45) is 0.0791. The molecule has 4 N–H and O–H groups in total. The Morgan fingerprint density at radius 3 is 2.42 bits per heavy atom. The van der Waals surface area contributed by atoms with Crippen LogP contribution in [0.4, 0.5) is 11.4 Å². The van der Waals surface area contributed by atoms with Gasteiger partial charge in [-0.15, -0.1) is 0 Å². The minimum Gasteiger partial charge on any atom is -0.323 e. The Hall–Kier alpha value is -3.15. The van der Waals surface area contributed by atoms with Crippen LogP contribution in [0, 0.1) is 20.8 Å². The van der Waals surface area contributed by atoms with Gasteiger partial charge in [0, 0.05) is 5.69 Å². The molecule has 134 valence electrons. The van der Waals surface area contributed by atoms with E-state index in [4.69, 9.17) is 0 Å². The van der Waals surface area contributed by atoms with Crippen molar-refractivity contribution >= 4 is 29.1 Å². The predicted octanol–water partition coefficient (Wildman–Crippen LogP) is 0.988. The number of aryl methyl sites for hydroxylation is 3. The fourth-order valence-electron chi connectivity index (χ4n) is 2.69. The van der Waals surface area contributed by atoms with Crippen molar-refractivity contribution in [1.29, 1.82) is 0 Å². The van der Waals surface area contributed by atoms with Gasteiger partial charge in [0.1, 0.15) is 0 Å². The van der Waals surface area contributed by atoms with Crippen molar-refractivity contribution in [3.63, 3.8) is 0 Å². The molecule has 0 saturated carbocycles. The Bertz CT molecular complexity index is 872. The summed E-state index contributed by atoms with van der Waals surface area (Å²) < 4.78 is 0. The smallest absolute Gasteiger partial charge is 0.323 e. The summed E-state index contributed by atoms with van der Waals surface area (Å²) in [4.78, 5) is 27.6. The molecule has 26 heavy (non-hydrogen) atoms. The first kappa shape index (κ1) is 17.7. The van der Waals surface area contributed by atoms with E-state index in [1.165, 1.54) is 0 Å². The Labute approximate surface area is 152 Å². The number of carbonyl (C=O) groups is 2. The summed E-state index contributed by atoms with van der Waals surface area (Å²) in [7, 11) is 0. The van der Waals surface area contributed by atoms with Gasteiger partial charge in [0.15, 0.2) is 6.04 Å². The average Bonchev–Trinajstić information content (AvgIpc) is 2.60. The second-order valence-electron chi connectivity index (χ2n) is 6.60. The van der Waals surface area contributed by atoms with E-state index >= 15 is 0 Å². The molecule has 1 aliphatic rings. The van der Waals surface area contributed by atoms with Gasteiger partial charge >= 0.3 is 5.96 Å². The minimum atomic E-state index is -0.640. The molecule has 1 aliphatic heterocycles. The summed E-state index contributed by atoms with van der Waals surface area (Å²) in [6.45, 7) is 6.02. The van der Waals surface area contributed by atoms with E-state index in [-0.39, 0.29) is 18.2 Å². The molecule has 2 amide bonds. The van der Waals surface area contributed by atoms with Crippen LogP contribution in [0.25, 0.3) is 0 Å². The summed E-state index contributed by atoms with van der Waals surface area (Å²) in [5.41, 5.74) is 4.96. The molecule has 2 aromatic rings. The van der Waals surface area contributed by atoms with Crippen LogP contribution in [0.15, 0.2) is 42.5 Å². The molecule has 2 aromatic carbocycles. The molecule has 0 spiro atoms. The summed E-state index contributed by atoms with van der Waals surface area (Å²) in [5, 5.41) is 8.69. The number of benzene rings is 2. The van der Waals surface area contributed by atoms with Gasteiger partial charge in [-0.3, -0.25) is 14.6 Å². The van der Waals surface area contributed by atoms with Crippen molar-refractivity contribution in [2.24, 2.45) is 0 Å². The van der Waals surface area contributed by atoms with Crippen molar-refractivity contribution < 1.29 is 14.6 Å². The van der Waals surface area contributed by atoms with Gasteiger partial charge in [-0.25, -0.2) is 10.6 Å². The second kappa shape index (κ2) is 7.39. The topological polar surface area (TPSA) is 84.2 Å². The average molecular weight is 351 g/mol. The lowest BCUT2D eigenvalue weighted by Gasteiger charge is -2.17. The maximum atomic E-state index is 12.6. The molecule has 0 aliphatic carbocycles. The van der Waals surface area contributed by atoms with E-state index in [2.05, 4.69) is 20.9 Å². The SMILES string of the molecule is Cc1ccc(NC2=[NH+][C@@H](C(=O)Nc3ccc(C)c(C)c3)CC(=O)N2)cc1. The third-order valence-corrected chi connectivity index (χ3v) is 4.38. The first-order chi connectivity index (χ1) is 12.4. The number of amides is 2. The van der Waals surface area contributed by atoms with E-state index in [0.29, 0.717) is 5.96 Å². The molecule has 6 heteroatoms. The standard InChI is InChI=1S/C20H22N4O2/c1-12-4-7-15(8-5-12)22-20-23-17(11-18(25)24-20)19(26)21-16-9-6-13(2)14(3)10-16/h4-10,17H,11H2,1-3H3,(H,21,26)(H2,22,23,24,25)/p+1/t17-/m1/s1. The van der Waals surface area contributed by atoms with Crippen molar-refractivity contribution in [1.82, 2.24) is 5.32 Å². The zero-order valence-electron chi connectivity index (χ0n) is 15.1. The van der Waals surface area contributed by atoms with E-state index in [1.54, 1.807) is 0 Å². The van der Waals surface area contributed by atoms with Gasteiger partial charge in [0.05, 0.1) is 12.1 Å². The van der Waals surface area contributed by atoms with Gasteiger partial charge in [-0.05, 0) is 56.2 Å². The Balaban J connectivity index is 1.73. The van der Waals surface area contributed by atoms with Crippen LogP contribution in [0.3, 0.4) is 0 Å². The fraction of sp³-hybridized carbons (Fsp3) is 0.250. The Morgan fingerprint density at radius 1 is 1.04 bits per heavy atom. The Morgan fingerprint density at radius 2 is 1.73 bits per heavy atom. The normalized spacial score (nSPS) is 16.5. The summed E-state index contributed by atoms with van der Waals surface area (Å²) in [5.74, 6) is -0.0461. The van der Waals surface area contributed by atoms with E-state index in [0.717, 1.165) is 28.1 Å². The second-order valence-corrected chi connectivity index (χ2v) is 6.60. The molecule has 0 bridgehead atoms. The molecule has 0 radical (unpaired) electrons. The van der Waals surface area contributed by atoms with Gasteiger partial charge < -0.3 is 5.32 Å². The number of hydrogen-bond acceptors (Lipinski definition) is 3. The first-order valence-corrected chi connectivity index (χ1v) is 8.56. The van der Waals surface area contributed by atoms with Crippen molar-refractivity contribution in [2.75, 3.05) is 10.6 Å². The van der Waals surface area contributed by atoms with Crippen molar-refractivity contribution in [2.45, 2.75) is 33.2 Å². The van der Waals surface area contributed by atoms with E-state index < -0.39 is 6.04 Å². The molecule has 0 unspecified atom stereocenters. The predicted molar refractivity (Wildman–Crippen MR) is 102 cm³/mol. The van der Waals surface area contributed by atoms with Crippen LogP contribution in [-0.2, 0) is 9.59 Å². The highest BCUT2D eigenvalue weighted by atomic mass is 16.2. The zero-order chi connectivity index (χ0) is 18.7. The highest BCUT2D eigenvalue weighted by Gasteiger charge is 2.31. The maximum Gasteiger partial charge on any atom is 0.356 e. The van der Waals surface area contributed by atoms with Crippen LogP contribution in [0.2, 0.25) is 0 Å². The van der Waals surface area contributed by atoms with Gasteiger partial charge in [-0.2, -0.15) is 0 Å². The lowest BCUT2D eigenvalue weighted by molar-refractivity contribution is -0.490. The number of carbonyl (C=O) groups excluding carboxylic acids is 2. The number of rotatable bonds is 3. The van der Waals surface area contributed by atoms with Crippen LogP contribution in [0.1, 0.15) is 23.1 Å². The molecule has 6 nitrogen and oxygen atoms in total. The number of anilines is 2. The molecule has 3 rings (SSSR count). The Kier molecular flexibility index (Phi) is 5.02. The molecule has 0 aromatic heterocycles. The molecular formula is C20H23N4O2+. The number of guanidine groups is 1. The number of nitrogens with one attached hydrogen (secondary N) is 4. The molecule has 0 saturated heterocycles. The van der Waals surface area contributed by atoms with Crippen LogP contribution < -0.4 is 20.9 Å². The van der Waals surface area contributed by atoms with Crippen LogP contribution in [0.5, 0.6) is 0 Å². The highest BCUT2D eigenvalue weighted by molar-refractivity contribution is 6.05. The quantitative estimate of drug-likeness (QED) is 0.665. The van der Waals surface area contributed by atoms with E-state index in [1.807, 2.05) is 63.2 Å². The highest BCUT2D eigenvalue weighted by Crippen LogP contribution is 2.14. The third-order valence-electron chi connectivity index (χ3n) is 4.38. The van der Waals surface area contributed by atoms with Crippen molar-refractivity contribution in [3.05, 3.63) is 59.2 Å². The summed E-state index contributed by atoms with van der Waals surface area (Å²) in [6, 6.07) is 12.9. The minimum absolute atomic E-state index is 0.0791. The fourth-order valence-corrected chi connectivity index (χ4v) is 2.69. The number of hydrogen-bond donors (Lipinski definition) is 4. The lowest BCUT2D eigenvalue weighted by atomic mass is 10.1. The van der Waals surface area contributed by atoms with Gasteiger partial charge in [-0.1, -0.05) is 23.8 Å². The first-order valence-electron chi connectivity index (χ1n) is 8.56.